The van der Waals surface area contributed by atoms with Gasteiger partial charge in [-0.2, -0.15) is 5.10 Å². The number of anilines is 1. The van der Waals surface area contributed by atoms with E-state index in [0.717, 1.165) is 22.1 Å². The molecule has 116 valence electrons. The summed E-state index contributed by atoms with van der Waals surface area (Å²) in [4.78, 5) is 0. The van der Waals surface area contributed by atoms with Gasteiger partial charge in [0.25, 0.3) is 0 Å². The van der Waals surface area contributed by atoms with Crippen LogP contribution in [-0.2, 0) is 0 Å². The highest BCUT2D eigenvalue weighted by Crippen LogP contribution is 2.25. The van der Waals surface area contributed by atoms with Gasteiger partial charge in [-0.1, -0.05) is 35.9 Å². The molecule has 0 spiro atoms. The van der Waals surface area contributed by atoms with E-state index in [2.05, 4.69) is 20.7 Å². The van der Waals surface area contributed by atoms with Crippen molar-refractivity contribution in [2.24, 2.45) is 5.10 Å². The average Bonchev–Trinajstić information content (AvgIpc) is 2.59. The molecule has 5 nitrogen and oxygen atoms in total. The van der Waals surface area contributed by atoms with Gasteiger partial charge in [-0.05, 0) is 36.8 Å². The molecule has 6 heteroatoms. The van der Waals surface area contributed by atoms with Crippen molar-refractivity contribution in [2.75, 3.05) is 12.0 Å². The molecule has 0 fully saturated rings. The lowest BCUT2D eigenvalue weighted by molar-refractivity contribution is 0.340. The van der Waals surface area contributed by atoms with Crippen molar-refractivity contribution < 1.29 is 4.74 Å². The number of benzene rings is 2. The second kappa shape index (κ2) is 7.07. The zero-order chi connectivity index (χ0) is 16.1. The molecule has 1 N–H and O–H groups in total. The lowest BCUT2D eigenvalue weighted by Gasteiger charge is -2.05. The molecule has 3 rings (SSSR count). The van der Waals surface area contributed by atoms with Crippen molar-refractivity contribution in [1.82, 2.24) is 10.2 Å². The summed E-state index contributed by atoms with van der Waals surface area (Å²) in [5, 5.41) is 14.3. The fourth-order valence-corrected chi connectivity index (χ4v) is 2.34. The van der Waals surface area contributed by atoms with Gasteiger partial charge in [0, 0.05) is 10.8 Å². The van der Waals surface area contributed by atoms with Gasteiger partial charge in [-0.25, -0.2) is 0 Å². The molecule has 0 atom stereocenters. The third kappa shape index (κ3) is 3.57. The maximum atomic E-state index is 6.05. The highest BCUT2D eigenvalue weighted by molar-refractivity contribution is 6.34. The second-order valence-electron chi connectivity index (χ2n) is 4.76. The van der Waals surface area contributed by atoms with E-state index in [1.54, 1.807) is 6.21 Å². The molecular weight excluding hydrogens is 312 g/mol. The Balaban J connectivity index is 1.76. The topological polar surface area (TPSA) is 59.4 Å². The van der Waals surface area contributed by atoms with Crippen LogP contribution in [0.25, 0.3) is 10.8 Å². The van der Waals surface area contributed by atoms with Gasteiger partial charge in [0.1, 0.15) is 5.75 Å². The molecule has 3 aromatic rings. The molecule has 0 saturated heterocycles. The summed E-state index contributed by atoms with van der Waals surface area (Å²) >= 11 is 6.05. The van der Waals surface area contributed by atoms with Crippen LogP contribution in [0, 0.1) is 0 Å². The molecule has 0 aliphatic carbocycles. The summed E-state index contributed by atoms with van der Waals surface area (Å²) in [6, 6.07) is 15.3. The zero-order valence-corrected chi connectivity index (χ0v) is 13.3. The number of hydrogen-bond donors (Lipinski definition) is 1. The van der Waals surface area contributed by atoms with Crippen LogP contribution in [0.4, 0.5) is 5.82 Å². The van der Waals surface area contributed by atoms with Crippen LogP contribution in [0.15, 0.2) is 53.6 Å². The van der Waals surface area contributed by atoms with Gasteiger partial charge >= 0.3 is 0 Å². The first-order valence-corrected chi connectivity index (χ1v) is 7.58. The van der Waals surface area contributed by atoms with E-state index in [4.69, 9.17) is 16.3 Å². The Morgan fingerprint density at radius 2 is 1.83 bits per heavy atom. The number of hydrazone groups is 1. The largest absolute Gasteiger partial charge is 0.494 e. The van der Waals surface area contributed by atoms with Crippen molar-refractivity contribution in [3.8, 4) is 5.75 Å². The van der Waals surface area contributed by atoms with Gasteiger partial charge in [-0.15, -0.1) is 10.2 Å². The van der Waals surface area contributed by atoms with Crippen LogP contribution in [-0.4, -0.2) is 23.0 Å². The third-order valence-corrected chi connectivity index (χ3v) is 3.50. The zero-order valence-electron chi connectivity index (χ0n) is 12.5. The second-order valence-corrected chi connectivity index (χ2v) is 5.12. The summed E-state index contributed by atoms with van der Waals surface area (Å²) in [5.41, 5.74) is 3.86. The van der Waals surface area contributed by atoms with Crippen LogP contribution >= 0.6 is 11.6 Å². The normalized spacial score (nSPS) is 11.0. The fourth-order valence-electron chi connectivity index (χ4n) is 2.14. The van der Waals surface area contributed by atoms with E-state index >= 15 is 0 Å². The standard InChI is InChI=1S/C17H15ClN4O/c1-2-23-13-9-7-12(8-10-13)11-19-21-17-15-6-4-3-5-14(15)16(18)20-22-17/h3-11H,2H2,1H3,(H,21,22)/b19-11+. The van der Waals surface area contributed by atoms with Gasteiger partial charge in [0.2, 0.25) is 0 Å². The molecule has 0 aliphatic rings. The summed E-state index contributed by atoms with van der Waals surface area (Å²) in [7, 11) is 0. The first kappa shape index (κ1) is 15.2. The molecule has 1 aromatic heterocycles. The van der Waals surface area contributed by atoms with Crippen LogP contribution in [0.2, 0.25) is 5.15 Å². The number of rotatable bonds is 5. The van der Waals surface area contributed by atoms with Crippen molar-refractivity contribution in [3.05, 3.63) is 59.2 Å². The fraction of sp³-hybridized carbons (Fsp3) is 0.118. The minimum absolute atomic E-state index is 0.377. The lowest BCUT2D eigenvalue weighted by atomic mass is 10.2. The summed E-state index contributed by atoms with van der Waals surface area (Å²) in [5.74, 6) is 1.40. The number of hydrogen-bond acceptors (Lipinski definition) is 5. The van der Waals surface area contributed by atoms with E-state index in [1.165, 1.54) is 0 Å². The van der Waals surface area contributed by atoms with Crippen LogP contribution in [0.3, 0.4) is 0 Å². The third-order valence-electron chi connectivity index (χ3n) is 3.22. The molecule has 0 radical (unpaired) electrons. The van der Waals surface area contributed by atoms with E-state index < -0.39 is 0 Å². The quantitative estimate of drug-likeness (QED) is 0.566. The first-order valence-electron chi connectivity index (χ1n) is 7.21. The van der Waals surface area contributed by atoms with Gasteiger partial charge in [-0.3, -0.25) is 5.43 Å². The molecular formula is C17H15ClN4O. The predicted octanol–water partition coefficient (Wildman–Crippen LogP) is 4.13. The first-order chi connectivity index (χ1) is 11.3. The predicted molar refractivity (Wildman–Crippen MR) is 93.4 cm³/mol. The maximum absolute atomic E-state index is 6.05. The smallest absolute Gasteiger partial charge is 0.176 e. The van der Waals surface area contributed by atoms with Crippen molar-refractivity contribution >= 4 is 34.4 Å². The van der Waals surface area contributed by atoms with Crippen molar-refractivity contribution in [2.45, 2.75) is 6.92 Å². The molecule has 0 unspecified atom stereocenters. The lowest BCUT2D eigenvalue weighted by Crippen LogP contribution is -1.97. The minimum atomic E-state index is 0.377. The number of nitrogens with zero attached hydrogens (tertiary/aromatic N) is 3. The van der Waals surface area contributed by atoms with Crippen LogP contribution in [0.5, 0.6) is 5.75 Å². The van der Waals surface area contributed by atoms with Crippen molar-refractivity contribution in [3.63, 3.8) is 0 Å². The SMILES string of the molecule is CCOc1ccc(/C=N/Nc2nnc(Cl)c3ccccc23)cc1. The Labute approximate surface area is 139 Å². The van der Waals surface area contributed by atoms with E-state index in [-0.39, 0.29) is 0 Å². The molecule has 0 bridgehead atoms. The minimum Gasteiger partial charge on any atom is -0.494 e. The van der Waals surface area contributed by atoms with E-state index in [0.29, 0.717) is 17.6 Å². The Morgan fingerprint density at radius 3 is 2.57 bits per heavy atom. The monoisotopic (exact) mass is 326 g/mol. The van der Waals surface area contributed by atoms with Crippen molar-refractivity contribution in [1.29, 1.82) is 0 Å². The molecule has 2 aromatic carbocycles. The number of ether oxygens (including phenoxy) is 1. The molecule has 0 saturated carbocycles. The highest BCUT2D eigenvalue weighted by atomic mass is 35.5. The van der Waals surface area contributed by atoms with Crippen LogP contribution in [0.1, 0.15) is 12.5 Å². The number of fused-ring (bicyclic) bond motifs is 1. The molecule has 0 aliphatic heterocycles. The van der Waals surface area contributed by atoms with E-state index in [9.17, 15) is 0 Å². The number of aromatic nitrogens is 2. The molecule has 0 amide bonds. The molecule has 1 heterocycles. The Bertz CT molecular complexity index is 834. The van der Waals surface area contributed by atoms with Gasteiger partial charge in [0.15, 0.2) is 11.0 Å². The summed E-state index contributed by atoms with van der Waals surface area (Å²) in [6.45, 7) is 2.61. The van der Waals surface area contributed by atoms with E-state index in [1.807, 2.05) is 55.5 Å². The van der Waals surface area contributed by atoms with Crippen LogP contribution < -0.4 is 10.2 Å². The Morgan fingerprint density at radius 1 is 1.09 bits per heavy atom. The summed E-state index contributed by atoms with van der Waals surface area (Å²) in [6.07, 6.45) is 1.71. The van der Waals surface area contributed by atoms with Gasteiger partial charge in [0.05, 0.1) is 12.8 Å². The Kier molecular flexibility index (Phi) is 4.68. The number of nitrogens with one attached hydrogen (secondary N) is 1. The summed E-state index contributed by atoms with van der Waals surface area (Å²) < 4.78 is 5.40. The number of halogens is 1. The highest BCUT2D eigenvalue weighted by Gasteiger charge is 2.05. The van der Waals surface area contributed by atoms with Gasteiger partial charge < -0.3 is 4.74 Å². The Hall–Kier alpha value is -2.66. The average molecular weight is 327 g/mol. The maximum Gasteiger partial charge on any atom is 0.176 e. The molecule has 23 heavy (non-hydrogen) atoms.